The first kappa shape index (κ1) is 65.1. The number of para-hydroxylation sites is 5. The lowest BCUT2D eigenvalue weighted by molar-refractivity contribution is 0.669. The fourth-order valence-corrected chi connectivity index (χ4v) is 16.3. The second kappa shape index (κ2) is 27.5. The van der Waals surface area contributed by atoms with Gasteiger partial charge in [-0.25, -0.2) is 24.9 Å². The Morgan fingerprint density at radius 3 is 1.15 bits per heavy atom. The monoisotopic (exact) mass is 1430 g/mol. The van der Waals surface area contributed by atoms with Gasteiger partial charge in [-0.15, -0.1) is 0 Å². The number of aromatic nitrogens is 7. The number of furan rings is 2. The van der Waals surface area contributed by atoms with Crippen LogP contribution in [0.1, 0.15) is 0 Å². The quantitative estimate of drug-likeness (QED) is 0.120. The zero-order valence-corrected chi connectivity index (χ0v) is 60.5. The molecule has 0 aliphatic rings. The van der Waals surface area contributed by atoms with Crippen LogP contribution in [-0.4, -0.2) is 34.1 Å². The molecule has 0 saturated carbocycles. The van der Waals surface area contributed by atoms with Gasteiger partial charge in [0, 0.05) is 93.4 Å². The van der Waals surface area contributed by atoms with Crippen LogP contribution in [0.25, 0.3) is 211 Å². The third-order valence-electron chi connectivity index (χ3n) is 21.5. The molecule has 0 aliphatic carbocycles. The molecule has 0 saturated heterocycles. The highest BCUT2D eigenvalue weighted by atomic mass is 16.3. The van der Waals surface area contributed by atoms with Gasteiger partial charge in [-0.1, -0.05) is 315 Å². The molecule has 0 amide bonds. The van der Waals surface area contributed by atoms with E-state index in [0.717, 1.165) is 161 Å². The van der Waals surface area contributed by atoms with Gasteiger partial charge in [0.15, 0.2) is 23.3 Å². The molecule has 9 nitrogen and oxygen atoms in total. The molecule has 0 spiro atoms. The molecule has 0 atom stereocenters. The summed E-state index contributed by atoms with van der Waals surface area (Å²) in [6.45, 7) is 0. The van der Waals surface area contributed by atoms with Crippen molar-refractivity contribution < 1.29 is 8.83 Å². The van der Waals surface area contributed by atoms with Gasteiger partial charge in [-0.2, -0.15) is 0 Å². The highest BCUT2D eigenvalue weighted by molar-refractivity contribution is 6.18. The number of hydrogen-bond acceptors (Lipinski definition) is 7. The van der Waals surface area contributed by atoms with Crippen LogP contribution in [-0.2, 0) is 0 Å². The standard InChI is InChI=1S/C52H33N3O.C51H32N4O/c1-3-14-35(15-4-1)45-33-46(36-16-5-2-6-17-36)54-52(53-45)38-19-11-18-37(32-38)40-22-13-26-48-50(40)44-21-7-9-25-47(44)55(48)39-30-28-34(29-31-39)41-23-12-24-43-42-20-8-10-27-49(42)56-51(41)43;1-3-14-34(15-4-1)49-52-50(35-16-5-2-6-17-35)54-51(53-49)36-30-28-33(29-31-36)39-22-12-25-44-47(39)41-20-7-9-24-43(41)55(44)38-19-11-18-37(32-38)40-23-13-27-46-48(40)42-21-8-10-26-45(42)56-46/h1-33H;1-32H. The van der Waals surface area contributed by atoms with E-state index in [4.69, 9.17) is 33.8 Å². The second-order valence-corrected chi connectivity index (χ2v) is 28.1. The Labute approximate surface area is 644 Å². The molecule has 22 rings (SSSR count). The summed E-state index contributed by atoms with van der Waals surface area (Å²) in [4.78, 5) is 25.0. The highest BCUT2D eigenvalue weighted by Gasteiger charge is 2.23. The predicted octanol–water partition coefficient (Wildman–Crippen LogP) is 27.0. The smallest absolute Gasteiger partial charge is 0.164 e. The lowest BCUT2D eigenvalue weighted by Crippen LogP contribution is -2.00. The van der Waals surface area contributed by atoms with Crippen molar-refractivity contribution in [1.29, 1.82) is 0 Å². The Morgan fingerprint density at radius 1 is 0.188 bits per heavy atom. The van der Waals surface area contributed by atoms with E-state index in [9.17, 15) is 0 Å². The Hall–Kier alpha value is -15.2. The van der Waals surface area contributed by atoms with Crippen LogP contribution in [0, 0.1) is 0 Å². The summed E-state index contributed by atoms with van der Waals surface area (Å²) < 4.78 is 17.4. The highest BCUT2D eigenvalue weighted by Crippen LogP contribution is 2.45. The minimum absolute atomic E-state index is 0.637. The summed E-state index contributed by atoms with van der Waals surface area (Å²) >= 11 is 0. The zero-order valence-electron chi connectivity index (χ0n) is 60.5. The van der Waals surface area contributed by atoms with E-state index in [-0.39, 0.29) is 0 Å². The third kappa shape index (κ3) is 11.5. The minimum atomic E-state index is 0.637. The summed E-state index contributed by atoms with van der Waals surface area (Å²) in [6.07, 6.45) is 0. The van der Waals surface area contributed by atoms with Gasteiger partial charge < -0.3 is 18.0 Å². The van der Waals surface area contributed by atoms with Gasteiger partial charge >= 0.3 is 0 Å². The van der Waals surface area contributed by atoms with E-state index in [0.29, 0.717) is 23.3 Å². The van der Waals surface area contributed by atoms with Crippen LogP contribution in [0.15, 0.2) is 403 Å². The molecule has 524 valence electrons. The van der Waals surface area contributed by atoms with Crippen molar-refractivity contribution in [2.75, 3.05) is 0 Å². The first-order valence-electron chi connectivity index (χ1n) is 37.7. The summed E-state index contributed by atoms with van der Waals surface area (Å²) in [5.74, 6) is 2.63. The first-order valence-corrected chi connectivity index (χ1v) is 37.7. The average Bonchev–Trinajstić information content (AvgIpc) is 1.58. The Morgan fingerprint density at radius 2 is 0.554 bits per heavy atom. The molecule has 6 aromatic heterocycles. The van der Waals surface area contributed by atoms with Crippen LogP contribution in [0.5, 0.6) is 0 Å². The molecule has 22 aromatic rings. The largest absolute Gasteiger partial charge is 0.456 e. The van der Waals surface area contributed by atoms with Crippen molar-refractivity contribution >= 4 is 87.5 Å². The fraction of sp³-hybridized carbons (Fsp3) is 0. The van der Waals surface area contributed by atoms with Crippen LogP contribution >= 0.6 is 0 Å². The normalized spacial score (nSPS) is 11.6. The predicted molar refractivity (Wildman–Crippen MR) is 459 cm³/mol. The third-order valence-corrected chi connectivity index (χ3v) is 21.5. The molecular formula is C103H65N7O2. The molecule has 0 fully saturated rings. The van der Waals surface area contributed by atoms with Gasteiger partial charge in [0.25, 0.3) is 0 Å². The van der Waals surface area contributed by atoms with Crippen molar-refractivity contribution in [3.8, 4) is 124 Å². The van der Waals surface area contributed by atoms with E-state index in [1.54, 1.807) is 0 Å². The maximum absolute atomic E-state index is 6.39. The number of hydrogen-bond donors (Lipinski definition) is 0. The Kier molecular flexibility index (Phi) is 16.0. The van der Waals surface area contributed by atoms with Gasteiger partial charge in [-0.05, 0) is 118 Å². The minimum Gasteiger partial charge on any atom is -0.456 e. The summed E-state index contributed by atoms with van der Waals surface area (Å²) in [5, 5.41) is 9.35. The molecule has 0 unspecified atom stereocenters. The van der Waals surface area contributed by atoms with Crippen LogP contribution in [0.2, 0.25) is 0 Å². The van der Waals surface area contributed by atoms with Crippen molar-refractivity contribution in [1.82, 2.24) is 34.1 Å². The summed E-state index contributed by atoms with van der Waals surface area (Å²) in [6, 6.07) is 138. The number of nitrogens with zero attached hydrogens (tertiary/aromatic N) is 7. The zero-order chi connectivity index (χ0) is 74.0. The van der Waals surface area contributed by atoms with Crippen LogP contribution in [0.3, 0.4) is 0 Å². The Balaban J connectivity index is 0.000000141. The topological polar surface area (TPSA) is 101 Å². The summed E-state index contributed by atoms with van der Waals surface area (Å²) in [7, 11) is 0. The SMILES string of the molecule is c1ccc(-c2cc(-c3ccccc3)nc(-c3cccc(-c4cccc5c4c4ccccc4n5-c4ccc(-c5cccc6c5oc5ccccc56)cc4)c3)n2)cc1.c1ccc(-c2nc(-c3ccccc3)nc(-c3ccc(-c4cccc5c4c4ccccc4n5-c4cccc(-c5cccc6oc7ccccc7c56)c4)cc3)n2)cc1. The van der Waals surface area contributed by atoms with E-state index in [1.807, 2.05) is 121 Å². The fourth-order valence-electron chi connectivity index (χ4n) is 16.3. The van der Waals surface area contributed by atoms with E-state index >= 15 is 0 Å². The molecule has 9 heteroatoms. The molecule has 16 aromatic carbocycles. The van der Waals surface area contributed by atoms with E-state index in [1.165, 1.54) is 27.1 Å². The molecule has 0 bridgehead atoms. The molecule has 0 N–H and O–H groups in total. The summed E-state index contributed by atoms with van der Waals surface area (Å²) in [5.41, 5.74) is 27.2. The second-order valence-electron chi connectivity index (χ2n) is 28.1. The molecule has 0 radical (unpaired) electrons. The first-order chi connectivity index (χ1) is 55.5. The number of benzene rings is 16. The lowest BCUT2D eigenvalue weighted by atomic mass is 9.97. The number of rotatable bonds is 12. The van der Waals surface area contributed by atoms with Crippen molar-refractivity contribution in [3.05, 3.63) is 394 Å². The van der Waals surface area contributed by atoms with Gasteiger partial charge in [-0.3, -0.25) is 0 Å². The number of fused-ring (bicyclic) bond motifs is 12. The van der Waals surface area contributed by atoms with Gasteiger partial charge in [0.05, 0.1) is 33.5 Å². The maximum atomic E-state index is 6.39. The lowest BCUT2D eigenvalue weighted by Gasteiger charge is -2.12. The van der Waals surface area contributed by atoms with Gasteiger partial charge in [0.1, 0.15) is 22.3 Å². The van der Waals surface area contributed by atoms with Crippen LogP contribution < -0.4 is 0 Å². The van der Waals surface area contributed by atoms with Crippen molar-refractivity contribution in [2.45, 2.75) is 0 Å². The van der Waals surface area contributed by atoms with E-state index < -0.39 is 0 Å². The molecule has 6 heterocycles. The molecular weight excluding hydrogens is 1370 g/mol. The Bertz CT molecular complexity index is 7240. The maximum Gasteiger partial charge on any atom is 0.164 e. The van der Waals surface area contributed by atoms with Crippen molar-refractivity contribution in [2.24, 2.45) is 0 Å². The average molecular weight is 1430 g/mol. The van der Waals surface area contributed by atoms with Crippen LogP contribution in [0.4, 0.5) is 0 Å². The molecule has 112 heavy (non-hydrogen) atoms. The van der Waals surface area contributed by atoms with Gasteiger partial charge in [0.2, 0.25) is 0 Å². The molecule has 0 aliphatic heterocycles. The van der Waals surface area contributed by atoms with Crippen molar-refractivity contribution in [3.63, 3.8) is 0 Å². The van der Waals surface area contributed by atoms with E-state index in [2.05, 4.69) is 282 Å².